The van der Waals surface area contributed by atoms with E-state index in [1.165, 1.54) is 77.6 Å². The van der Waals surface area contributed by atoms with Gasteiger partial charge in [0.15, 0.2) is 0 Å². The van der Waals surface area contributed by atoms with Crippen LogP contribution < -0.4 is 15.6 Å². The minimum absolute atomic E-state index is 0.0656. The number of nitrogens with zero attached hydrogens (tertiary/aromatic N) is 1. The molecule has 0 radical (unpaired) electrons. The summed E-state index contributed by atoms with van der Waals surface area (Å²) < 4.78 is 34.1. The van der Waals surface area contributed by atoms with E-state index in [2.05, 4.69) is 30.3 Å². The first-order chi connectivity index (χ1) is 18.2. The molecule has 204 valence electrons. The van der Waals surface area contributed by atoms with Gasteiger partial charge in [0.05, 0.1) is 12.5 Å². The van der Waals surface area contributed by atoms with Crippen molar-refractivity contribution in [2.75, 3.05) is 13.1 Å². The summed E-state index contributed by atoms with van der Waals surface area (Å²) in [5, 5.41) is 8.38. The number of carbonyl (C=O) groups is 1. The van der Waals surface area contributed by atoms with Gasteiger partial charge in [-0.1, -0.05) is 35.9 Å². The number of amides is 1. The fraction of sp³-hybridized carbons (Fsp3) is 0.414. The Hall–Kier alpha value is -2.39. The molecule has 0 bridgehead atoms. The smallest absolute Gasteiger partial charge is 0.281 e. The molecular formula is C29H34ClF2N3O2S. The van der Waals surface area contributed by atoms with E-state index in [9.17, 15) is 13.6 Å². The third kappa shape index (κ3) is 7.82. The summed E-state index contributed by atoms with van der Waals surface area (Å²) in [7, 11) is 0. The average molecular weight is 562 g/mol. The van der Waals surface area contributed by atoms with Crippen LogP contribution in [0, 0.1) is 0 Å². The third-order valence-corrected chi connectivity index (χ3v) is 7.83. The topological polar surface area (TPSA) is 81.6 Å². The second-order valence-corrected chi connectivity index (χ2v) is 11.1. The highest BCUT2D eigenvalue weighted by Gasteiger charge is 2.36. The number of fused-ring (bicyclic) bond motifs is 1. The summed E-state index contributed by atoms with van der Waals surface area (Å²) >= 11 is 6.95. The first-order valence-corrected chi connectivity index (χ1v) is 14.2. The van der Waals surface area contributed by atoms with Crippen molar-refractivity contribution in [2.24, 2.45) is 10.9 Å². The van der Waals surface area contributed by atoms with E-state index < -0.39 is 18.3 Å². The monoisotopic (exact) mass is 561 g/mol. The maximum atomic E-state index is 14.1. The van der Waals surface area contributed by atoms with Gasteiger partial charge in [-0.05, 0) is 97.6 Å². The fourth-order valence-electron chi connectivity index (χ4n) is 4.79. The molecule has 2 aliphatic rings. The van der Waals surface area contributed by atoms with Gasteiger partial charge in [-0.3, -0.25) is 9.93 Å². The summed E-state index contributed by atoms with van der Waals surface area (Å²) in [4.78, 5) is 14.5. The van der Waals surface area contributed by atoms with Crippen molar-refractivity contribution in [3.05, 3.63) is 71.2 Å². The molecule has 0 aromatic heterocycles. The Labute approximate surface area is 232 Å². The molecule has 1 aliphatic carbocycles. The number of benzene rings is 3. The Balaban J connectivity index is 0.000000178. The van der Waals surface area contributed by atoms with Crippen LogP contribution in [-0.2, 0) is 10.7 Å². The molecular weight excluding hydrogens is 528 g/mol. The Kier molecular flexibility index (Phi) is 9.87. The number of hydrogen-bond acceptors (Lipinski definition) is 5. The van der Waals surface area contributed by atoms with E-state index in [0.29, 0.717) is 37.1 Å². The molecule has 0 unspecified atom stereocenters. The van der Waals surface area contributed by atoms with Crippen LogP contribution in [0.15, 0.2) is 65.6 Å². The fourth-order valence-corrected chi connectivity index (χ4v) is 5.26. The molecule has 1 heterocycles. The molecule has 1 saturated carbocycles. The van der Waals surface area contributed by atoms with Crippen molar-refractivity contribution in [1.82, 2.24) is 4.90 Å². The molecule has 38 heavy (non-hydrogen) atoms. The lowest BCUT2D eigenvalue weighted by atomic mass is 10.0. The van der Waals surface area contributed by atoms with Gasteiger partial charge in [-0.25, -0.2) is 8.78 Å². The number of rotatable bonds is 6. The zero-order valence-electron chi connectivity index (χ0n) is 21.3. The number of carbonyl (C=O) groups excluding carboxylic acids is 1. The second kappa shape index (κ2) is 13.1. The highest BCUT2D eigenvalue weighted by Crippen LogP contribution is 2.33. The van der Waals surface area contributed by atoms with Gasteiger partial charge < -0.3 is 15.4 Å². The first kappa shape index (κ1) is 28.6. The van der Waals surface area contributed by atoms with Crippen molar-refractivity contribution in [1.29, 1.82) is 0 Å². The molecule has 5 nitrogen and oxygen atoms in total. The minimum atomic E-state index is -3.18. The number of hydrogen-bond donors (Lipinski definition) is 2. The van der Waals surface area contributed by atoms with E-state index in [4.69, 9.17) is 27.2 Å². The molecule has 0 spiro atoms. The molecule has 3 aromatic carbocycles. The number of halogens is 3. The number of likely N-dealkylation sites (tertiary alicyclic amines) is 1. The molecule has 0 atom stereocenters. The number of ether oxygens (including phenoxy) is 1. The van der Waals surface area contributed by atoms with Crippen LogP contribution in [-0.4, -0.2) is 36.0 Å². The summed E-state index contributed by atoms with van der Waals surface area (Å²) in [6.07, 6.45) is 5.92. The number of piperidine rings is 1. The van der Waals surface area contributed by atoms with Crippen LogP contribution in [0.4, 0.5) is 8.78 Å². The van der Waals surface area contributed by atoms with E-state index >= 15 is 0 Å². The van der Waals surface area contributed by atoms with E-state index in [-0.39, 0.29) is 11.6 Å². The summed E-state index contributed by atoms with van der Waals surface area (Å²) in [6, 6.07) is 17.9. The maximum Gasteiger partial charge on any atom is 0.281 e. The highest BCUT2D eigenvalue weighted by molar-refractivity contribution is 7.97. The van der Waals surface area contributed by atoms with Crippen molar-refractivity contribution in [3.63, 3.8) is 0 Å². The largest absolute Gasteiger partial charge is 0.490 e. The lowest BCUT2D eigenvalue weighted by Crippen LogP contribution is -2.44. The number of alkyl halides is 2. The predicted octanol–water partition coefficient (Wildman–Crippen LogP) is 6.90. The molecule has 3 aromatic rings. The summed E-state index contributed by atoms with van der Waals surface area (Å²) in [5.74, 6) is -2.72. The molecule has 4 N–H and O–H groups in total. The van der Waals surface area contributed by atoms with Crippen LogP contribution in [0.3, 0.4) is 0 Å². The van der Waals surface area contributed by atoms with Crippen LogP contribution in [0.5, 0.6) is 5.75 Å². The molecule has 1 aliphatic heterocycles. The maximum absolute atomic E-state index is 14.1. The van der Waals surface area contributed by atoms with E-state index in [1.807, 2.05) is 6.07 Å². The van der Waals surface area contributed by atoms with Gasteiger partial charge in [0.2, 0.25) is 5.91 Å². The van der Waals surface area contributed by atoms with Gasteiger partial charge in [0.25, 0.3) is 5.92 Å². The van der Waals surface area contributed by atoms with Crippen molar-refractivity contribution in [2.45, 2.75) is 67.9 Å². The van der Waals surface area contributed by atoms with Gasteiger partial charge in [0.1, 0.15) is 5.75 Å². The quantitative estimate of drug-likeness (QED) is 0.320. The molecule has 1 amide bonds. The Morgan fingerprint density at radius 1 is 0.974 bits per heavy atom. The van der Waals surface area contributed by atoms with Crippen LogP contribution in [0.2, 0.25) is 5.02 Å². The highest BCUT2D eigenvalue weighted by atomic mass is 35.5. The summed E-state index contributed by atoms with van der Waals surface area (Å²) in [5.41, 5.74) is 5.54. The zero-order valence-corrected chi connectivity index (χ0v) is 22.8. The standard InChI is InChI=1S/C15H17NOS.C14H17ClF2N2O/c16-18-15-8-6-11-9-14(7-5-12(11)10-15)17-13-3-1-2-4-13;15-11-3-1-10(2-4-11)14(16,17)9-13(20)19-7-5-12(18)6-8-19/h5-10,13H,1-4,16H2;1-4,12H,5-9,18H2. The van der Waals surface area contributed by atoms with Gasteiger partial charge >= 0.3 is 0 Å². The van der Waals surface area contributed by atoms with Crippen LogP contribution in [0.25, 0.3) is 10.8 Å². The van der Waals surface area contributed by atoms with Gasteiger partial charge in [0, 0.05) is 34.6 Å². The van der Waals surface area contributed by atoms with Crippen molar-refractivity contribution < 1.29 is 18.3 Å². The lowest BCUT2D eigenvalue weighted by Gasteiger charge is -2.31. The van der Waals surface area contributed by atoms with Crippen molar-refractivity contribution in [3.8, 4) is 5.75 Å². The summed E-state index contributed by atoms with van der Waals surface area (Å²) in [6.45, 7) is 0.910. The lowest BCUT2D eigenvalue weighted by molar-refractivity contribution is -0.140. The zero-order chi connectivity index (χ0) is 27.1. The average Bonchev–Trinajstić information content (AvgIpc) is 3.42. The Morgan fingerprint density at radius 2 is 1.61 bits per heavy atom. The Morgan fingerprint density at radius 3 is 2.26 bits per heavy atom. The predicted molar refractivity (Wildman–Crippen MR) is 151 cm³/mol. The van der Waals surface area contributed by atoms with Crippen LogP contribution in [0.1, 0.15) is 50.5 Å². The van der Waals surface area contributed by atoms with Crippen LogP contribution >= 0.6 is 23.5 Å². The molecule has 2 fully saturated rings. The van der Waals surface area contributed by atoms with Gasteiger partial charge in [-0.2, -0.15) is 0 Å². The first-order valence-electron chi connectivity index (χ1n) is 13.0. The normalized spacial score (nSPS) is 16.8. The van der Waals surface area contributed by atoms with E-state index in [0.717, 1.165) is 10.6 Å². The minimum Gasteiger partial charge on any atom is -0.490 e. The molecule has 5 rings (SSSR count). The second-order valence-electron chi connectivity index (χ2n) is 9.92. The van der Waals surface area contributed by atoms with E-state index in [1.54, 1.807) is 0 Å². The number of nitrogens with two attached hydrogens (primary N) is 2. The SMILES string of the molecule is NC1CCN(C(=O)CC(F)(F)c2ccc(Cl)cc2)CC1.NSc1ccc2cc(OC3CCCC3)ccc2c1. The Bertz CT molecular complexity index is 1210. The molecule has 9 heteroatoms. The molecule has 1 saturated heterocycles. The van der Waals surface area contributed by atoms with Gasteiger partial charge in [-0.15, -0.1) is 0 Å². The third-order valence-electron chi connectivity index (χ3n) is 7.06. The van der Waals surface area contributed by atoms with Crippen molar-refractivity contribution >= 4 is 40.2 Å².